The summed E-state index contributed by atoms with van der Waals surface area (Å²) in [6.45, 7) is 0. The van der Waals surface area contributed by atoms with E-state index in [4.69, 9.17) is 4.74 Å². The lowest BCUT2D eigenvalue weighted by Gasteiger charge is -2.26. The van der Waals surface area contributed by atoms with Gasteiger partial charge < -0.3 is 20.5 Å². The molecule has 2 amide bonds. The lowest BCUT2D eigenvalue weighted by atomic mass is 9.97. The molecule has 0 saturated carbocycles. The number of carbonyl (C=O) groups is 3. The van der Waals surface area contributed by atoms with Gasteiger partial charge in [-0.2, -0.15) is 0 Å². The highest BCUT2D eigenvalue weighted by atomic mass is 16.5. The summed E-state index contributed by atoms with van der Waals surface area (Å²) in [6.07, 6.45) is -1.51. The molecule has 0 spiro atoms. The quantitative estimate of drug-likeness (QED) is 0.307. The number of nitrogens with one attached hydrogen (secondary N) is 2. The standard InChI is InChI=1S/C30H28N2O5/c1-37-30(36)25(19-23-17-10-16-20-11-8-9-18-24(20)23)31-29(35)27(33)26(21-12-4-2-5-13-21)32-28(34)22-14-6-3-7-15-22/h2-18,25-27,33H,19H2,1H3,(H,31,35)(H,32,34)/t25-,26+,27-/m1/s1. The summed E-state index contributed by atoms with van der Waals surface area (Å²) in [5, 5.41) is 18.4. The van der Waals surface area contributed by atoms with Crippen LogP contribution in [0, 0.1) is 0 Å². The zero-order valence-corrected chi connectivity index (χ0v) is 20.3. The summed E-state index contributed by atoms with van der Waals surface area (Å²) in [6, 6.07) is 28.6. The number of rotatable bonds is 9. The fraction of sp³-hybridized carbons (Fsp3) is 0.167. The molecule has 3 atom stereocenters. The summed E-state index contributed by atoms with van der Waals surface area (Å²) >= 11 is 0. The van der Waals surface area contributed by atoms with Crippen molar-refractivity contribution in [2.24, 2.45) is 0 Å². The van der Waals surface area contributed by atoms with Crippen LogP contribution in [-0.4, -0.2) is 42.1 Å². The van der Waals surface area contributed by atoms with E-state index in [2.05, 4.69) is 10.6 Å². The van der Waals surface area contributed by atoms with Crippen LogP contribution in [0.5, 0.6) is 0 Å². The minimum atomic E-state index is -1.67. The smallest absolute Gasteiger partial charge is 0.328 e. The number of fused-ring (bicyclic) bond motifs is 1. The van der Waals surface area contributed by atoms with Crippen molar-refractivity contribution < 1.29 is 24.2 Å². The van der Waals surface area contributed by atoms with Crippen LogP contribution >= 0.6 is 0 Å². The Hall–Kier alpha value is -4.49. The van der Waals surface area contributed by atoms with Crippen LogP contribution in [-0.2, 0) is 20.7 Å². The lowest BCUT2D eigenvalue weighted by Crippen LogP contribution is -2.51. The van der Waals surface area contributed by atoms with Crippen molar-refractivity contribution in [1.82, 2.24) is 10.6 Å². The third-order valence-corrected chi connectivity index (χ3v) is 6.17. The van der Waals surface area contributed by atoms with Gasteiger partial charge in [-0.1, -0.05) is 91.0 Å². The number of carbonyl (C=O) groups excluding carboxylic acids is 3. The summed E-state index contributed by atoms with van der Waals surface area (Å²) in [5.74, 6) is -1.89. The molecule has 7 nitrogen and oxygen atoms in total. The second kappa shape index (κ2) is 12.0. The van der Waals surface area contributed by atoms with Gasteiger partial charge in [-0.3, -0.25) is 9.59 Å². The molecule has 0 fully saturated rings. The van der Waals surface area contributed by atoms with Gasteiger partial charge in [0.15, 0.2) is 6.10 Å². The SMILES string of the molecule is COC(=O)[C@@H](Cc1cccc2ccccc12)NC(=O)[C@H](O)[C@@H](NC(=O)c1ccccc1)c1ccccc1. The largest absolute Gasteiger partial charge is 0.467 e. The van der Waals surface area contributed by atoms with Gasteiger partial charge in [-0.25, -0.2) is 4.79 Å². The van der Waals surface area contributed by atoms with E-state index in [9.17, 15) is 19.5 Å². The molecule has 0 aliphatic carbocycles. The molecule has 7 heteroatoms. The Balaban J connectivity index is 1.57. The Bertz CT molecular complexity index is 1370. The molecule has 3 N–H and O–H groups in total. The predicted molar refractivity (Wildman–Crippen MR) is 141 cm³/mol. The van der Waals surface area contributed by atoms with E-state index in [-0.39, 0.29) is 6.42 Å². The van der Waals surface area contributed by atoms with Gasteiger partial charge in [0, 0.05) is 12.0 Å². The summed E-state index contributed by atoms with van der Waals surface area (Å²) < 4.78 is 4.94. The molecule has 0 saturated heterocycles. The second-order valence-electron chi connectivity index (χ2n) is 8.60. The predicted octanol–water partition coefficient (Wildman–Crippen LogP) is 3.57. The number of aliphatic hydroxyl groups is 1. The van der Waals surface area contributed by atoms with Gasteiger partial charge in [-0.15, -0.1) is 0 Å². The highest BCUT2D eigenvalue weighted by molar-refractivity contribution is 5.95. The van der Waals surface area contributed by atoms with Crippen molar-refractivity contribution in [3.63, 3.8) is 0 Å². The molecule has 0 unspecified atom stereocenters. The van der Waals surface area contributed by atoms with Crippen molar-refractivity contribution in [2.75, 3.05) is 7.11 Å². The van der Waals surface area contributed by atoms with Crippen LogP contribution < -0.4 is 10.6 Å². The Morgan fingerprint density at radius 1 is 0.784 bits per heavy atom. The molecule has 188 valence electrons. The van der Waals surface area contributed by atoms with Gasteiger partial charge in [-0.05, 0) is 34.0 Å². The van der Waals surface area contributed by atoms with Crippen molar-refractivity contribution in [2.45, 2.75) is 24.6 Å². The number of methoxy groups -OCH3 is 1. The van der Waals surface area contributed by atoms with Crippen LogP contribution in [0.15, 0.2) is 103 Å². The Morgan fingerprint density at radius 3 is 2.11 bits per heavy atom. The maximum atomic E-state index is 13.2. The van der Waals surface area contributed by atoms with Crippen LogP contribution in [0.1, 0.15) is 27.5 Å². The number of hydrogen-bond donors (Lipinski definition) is 3. The molecule has 37 heavy (non-hydrogen) atoms. The first-order valence-electron chi connectivity index (χ1n) is 11.9. The normalized spacial score (nSPS) is 13.2. The molecular formula is C30H28N2O5. The highest BCUT2D eigenvalue weighted by Gasteiger charge is 2.32. The van der Waals surface area contributed by atoms with E-state index >= 15 is 0 Å². The van der Waals surface area contributed by atoms with E-state index in [1.807, 2.05) is 42.5 Å². The number of esters is 1. The Labute approximate surface area is 215 Å². The summed E-state index contributed by atoms with van der Waals surface area (Å²) in [5.41, 5.74) is 1.78. The average Bonchev–Trinajstić information content (AvgIpc) is 2.95. The lowest BCUT2D eigenvalue weighted by molar-refractivity contribution is -0.146. The Morgan fingerprint density at radius 2 is 1.41 bits per heavy atom. The first kappa shape index (κ1) is 25.6. The molecule has 4 aromatic rings. The van der Waals surface area contributed by atoms with Gasteiger partial charge in [0.2, 0.25) is 0 Å². The average molecular weight is 497 g/mol. The number of ether oxygens (including phenoxy) is 1. The fourth-order valence-electron chi connectivity index (χ4n) is 4.25. The second-order valence-corrected chi connectivity index (χ2v) is 8.60. The van der Waals surface area contributed by atoms with Gasteiger partial charge in [0.05, 0.1) is 13.2 Å². The van der Waals surface area contributed by atoms with Crippen LogP contribution in [0.25, 0.3) is 10.8 Å². The highest BCUT2D eigenvalue weighted by Crippen LogP contribution is 2.21. The van der Waals surface area contributed by atoms with Crippen molar-refractivity contribution >= 4 is 28.6 Å². The number of aliphatic hydroxyl groups excluding tert-OH is 1. The fourth-order valence-corrected chi connectivity index (χ4v) is 4.25. The molecule has 0 radical (unpaired) electrons. The third-order valence-electron chi connectivity index (χ3n) is 6.17. The zero-order valence-electron chi connectivity index (χ0n) is 20.3. The summed E-state index contributed by atoms with van der Waals surface area (Å²) in [4.78, 5) is 38.7. The monoisotopic (exact) mass is 496 g/mol. The summed E-state index contributed by atoms with van der Waals surface area (Å²) in [7, 11) is 1.24. The number of amides is 2. The van der Waals surface area contributed by atoms with E-state index in [0.29, 0.717) is 11.1 Å². The molecule has 0 bridgehead atoms. The maximum absolute atomic E-state index is 13.2. The molecule has 0 aliphatic rings. The first-order valence-corrected chi connectivity index (χ1v) is 11.9. The zero-order chi connectivity index (χ0) is 26.2. The maximum Gasteiger partial charge on any atom is 0.328 e. The molecule has 0 heterocycles. The third kappa shape index (κ3) is 6.20. The number of benzene rings is 4. The molecular weight excluding hydrogens is 468 g/mol. The number of hydrogen-bond acceptors (Lipinski definition) is 5. The van der Waals surface area contributed by atoms with Crippen molar-refractivity contribution in [3.8, 4) is 0 Å². The van der Waals surface area contributed by atoms with Gasteiger partial charge in [0.25, 0.3) is 11.8 Å². The minimum Gasteiger partial charge on any atom is -0.467 e. The van der Waals surface area contributed by atoms with Gasteiger partial charge >= 0.3 is 5.97 Å². The Kier molecular flexibility index (Phi) is 8.28. The van der Waals surface area contributed by atoms with Crippen molar-refractivity contribution in [1.29, 1.82) is 0 Å². The van der Waals surface area contributed by atoms with Crippen LogP contribution in [0.4, 0.5) is 0 Å². The molecule has 0 aromatic heterocycles. The van der Waals surface area contributed by atoms with Crippen LogP contribution in [0.3, 0.4) is 0 Å². The van der Waals surface area contributed by atoms with Gasteiger partial charge in [0.1, 0.15) is 6.04 Å². The van der Waals surface area contributed by atoms with E-state index in [1.165, 1.54) is 7.11 Å². The minimum absolute atomic E-state index is 0.166. The topological polar surface area (TPSA) is 105 Å². The molecule has 4 aromatic carbocycles. The van der Waals surface area contributed by atoms with E-state index in [1.54, 1.807) is 60.7 Å². The van der Waals surface area contributed by atoms with E-state index < -0.39 is 36.0 Å². The van der Waals surface area contributed by atoms with E-state index in [0.717, 1.165) is 16.3 Å². The molecule has 4 rings (SSSR count). The first-order chi connectivity index (χ1) is 18.0. The molecule has 0 aliphatic heterocycles. The van der Waals surface area contributed by atoms with Crippen molar-refractivity contribution in [3.05, 3.63) is 120 Å². The van der Waals surface area contributed by atoms with Crippen LogP contribution in [0.2, 0.25) is 0 Å².